The number of ether oxygens (including phenoxy) is 2. The molecule has 6 rings (SSSR count). The molecule has 13 heteroatoms. The highest BCUT2D eigenvalue weighted by Gasteiger charge is 2.45. The number of methoxy groups -OCH3 is 1. The maximum atomic E-state index is 14.3. The number of hydrogen-bond donors (Lipinski definition) is 2. The number of hydrogen-bond acceptors (Lipinski definition) is 8. The van der Waals surface area contributed by atoms with Crippen molar-refractivity contribution in [3.05, 3.63) is 70.3 Å². The summed E-state index contributed by atoms with van der Waals surface area (Å²) in [7, 11) is -5.11. The smallest absolute Gasteiger partial charge is 0.304 e. The van der Waals surface area contributed by atoms with Gasteiger partial charge in [0.25, 0.3) is 5.91 Å². The maximum Gasteiger partial charge on any atom is 0.304 e. The minimum Gasteiger partial charge on any atom is -0.490 e. The van der Waals surface area contributed by atoms with E-state index in [1.165, 1.54) is 15.4 Å². The molecule has 292 valence electrons. The summed E-state index contributed by atoms with van der Waals surface area (Å²) in [6.45, 7) is 14.5. The number of benzene rings is 2. The molecule has 2 bridgehead atoms. The van der Waals surface area contributed by atoms with Crippen molar-refractivity contribution in [2.24, 2.45) is 11.8 Å². The second kappa shape index (κ2) is 15.6. The second-order valence-electron chi connectivity index (χ2n) is 17.3. The number of halogens is 1. The number of carbonyl (C=O) groups is 1. The third kappa shape index (κ3) is 8.54. The van der Waals surface area contributed by atoms with E-state index in [-0.39, 0.29) is 41.0 Å². The van der Waals surface area contributed by atoms with Crippen LogP contribution in [-0.4, -0.2) is 90.3 Å². The molecular formula is C40H58ClN3O7SSi. The highest BCUT2D eigenvalue weighted by Crippen LogP contribution is 2.47. The molecule has 0 unspecified atom stereocenters. The first-order valence-electron chi connectivity index (χ1n) is 19.1. The molecule has 6 atom stereocenters. The molecule has 1 fully saturated rings. The van der Waals surface area contributed by atoms with E-state index in [0.29, 0.717) is 31.9 Å². The largest absolute Gasteiger partial charge is 0.490 e. The van der Waals surface area contributed by atoms with Crippen LogP contribution in [0.3, 0.4) is 0 Å². The van der Waals surface area contributed by atoms with Gasteiger partial charge in [0.2, 0.25) is 0 Å². The zero-order chi connectivity index (χ0) is 38.3. The van der Waals surface area contributed by atoms with E-state index in [9.17, 15) is 18.3 Å². The summed E-state index contributed by atoms with van der Waals surface area (Å²) < 4.78 is 51.1. The van der Waals surface area contributed by atoms with Gasteiger partial charge in [-0.2, -0.15) is 12.7 Å². The van der Waals surface area contributed by atoms with Crippen LogP contribution in [0.5, 0.6) is 5.75 Å². The van der Waals surface area contributed by atoms with Crippen molar-refractivity contribution in [2.45, 2.75) is 108 Å². The molecule has 0 radical (unpaired) electrons. The number of fused-ring (bicyclic) bond motifs is 4. The molecule has 1 spiro atoms. The minimum absolute atomic E-state index is 0.00814. The molecule has 0 saturated heterocycles. The van der Waals surface area contributed by atoms with Gasteiger partial charge in [-0.1, -0.05) is 50.6 Å². The lowest BCUT2D eigenvalue weighted by molar-refractivity contribution is 0.0453. The zero-order valence-corrected chi connectivity index (χ0v) is 34.9. The van der Waals surface area contributed by atoms with Gasteiger partial charge >= 0.3 is 10.2 Å². The van der Waals surface area contributed by atoms with E-state index >= 15 is 0 Å². The molecule has 2 aliphatic heterocycles. The topological polar surface area (TPSA) is 118 Å². The number of aryl methyl sites for hydroxylation is 1. The van der Waals surface area contributed by atoms with Crippen LogP contribution >= 0.6 is 11.6 Å². The van der Waals surface area contributed by atoms with Crippen LogP contribution < -0.4 is 14.4 Å². The van der Waals surface area contributed by atoms with Gasteiger partial charge in [0.1, 0.15) is 5.75 Å². The lowest BCUT2D eigenvalue weighted by Gasteiger charge is -2.45. The van der Waals surface area contributed by atoms with Gasteiger partial charge in [-0.15, -0.1) is 0 Å². The van der Waals surface area contributed by atoms with Crippen LogP contribution in [-0.2, 0) is 31.2 Å². The molecular weight excluding hydrogens is 730 g/mol. The Balaban J connectivity index is 1.37. The highest BCUT2D eigenvalue weighted by molar-refractivity contribution is 7.87. The number of nitrogens with one attached hydrogen (secondary N) is 1. The fraction of sp³-hybridized carbons (Fsp3) is 0.625. The van der Waals surface area contributed by atoms with Crippen molar-refractivity contribution in [1.29, 1.82) is 0 Å². The summed E-state index contributed by atoms with van der Waals surface area (Å²) in [5.41, 5.74) is 3.15. The summed E-state index contributed by atoms with van der Waals surface area (Å²) in [6.07, 6.45) is 7.61. The first-order chi connectivity index (χ1) is 24.9. The van der Waals surface area contributed by atoms with Crippen LogP contribution in [0.4, 0.5) is 5.69 Å². The van der Waals surface area contributed by atoms with Crippen LogP contribution in [0.25, 0.3) is 0 Å². The average molecular weight is 789 g/mol. The predicted octanol–water partition coefficient (Wildman–Crippen LogP) is 6.86. The van der Waals surface area contributed by atoms with Gasteiger partial charge in [-0.25, -0.2) is 4.72 Å². The molecule has 1 saturated carbocycles. The fourth-order valence-electron chi connectivity index (χ4n) is 8.34. The predicted molar refractivity (Wildman–Crippen MR) is 213 cm³/mol. The normalized spacial score (nSPS) is 29.2. The second-order valence-corrected chi connectivity index (χ2v) is 24.1. The average Bonchev–Trinajstić information content (AvgIpc) is 3.20. The van der Waals surface area contributed by atoms with Gasteiger partial charge in [-0.05, 0) is 117 Å². The number of rotatable bonds is 6. The van der Waals surface area contributed by atoms with Crippen LogP contribution in [0.15, 0.2) is 48.6 Å². The van der Waals surface area contributed by atoms with E-state index in [4.69, 9.17) is 25.5 Å². The summed E-state index contributed by atoms with van der Waals surface area (Å²) in [5, 5.41) is 12.1. The zero-order valence-electron chi connectivity index (χ0n) is 32.4. The first-order valence-corrected chi connectivity index (χ1v) is 23.8. The van der Waals surface area contributed by atoms with Crippen LogP contribution in [0.1, 0.15) is 81.3 Å². The van der Waals surface area contributed by atoms with Gasteiger partial charge < -0.3 is 23.9 Å². The van der Waals surface area contributed by atoms with Gasteiger partial charge in [-0.3, -0.25) is 4.79 Å². The van der Waals surface area contributed by atoms with Crippen molar-refractivity contribution in [3.63, 3.8) is 0 Å². The van der Waals surface area contributed by atoms with Crippen molar-refractivity contribution in [3.8, 4) is 5.75 Å². The fourth-order valence-corrected chi connectivity index (χ4v) is 11.3. The SMILES string of the molecule is COC[C@@H](CN1[C@@H](C)C/C=C/[C@H](O)[C@@H]2CC[C@H]2CN2C[C@@]3(CCCc4cc(Cl)ccc43)COc3ccc(cc32)C(=O)NS1(=O)=O)O[Si](C)(C)C(C)(C)C. The first kappa shape index (κ1) is 40.2. The number of nitrogens with zero attached hydrogens (tertiary/aromatic N) is 2. The molecule has 4 aliphatic rings. The summed E-state index contributed by atoms with van der Waals surface area (Å²) in [5.74, 6) is 0.230. The molecule has 2 aromatic rings. The Hall–Kier alpha value is -2.45. The monoisotopic (exact) mass is 787 g/mol. The number of aliphatic hydroxyl groups is 1. The van der Waals surface area contributed by atoms with E-state index in [2.05, 4.69) is 55.6 Å². The molecule has 2 heterocycles. The molecule has 2 N–H and O–H groups in total. The van der Waals surface area contributed by atoms with Gasteiger partial charge in [0.05, 0.1) is 31.1 Å². The highest BCUT2D eigenvalue weighted by atomic mass is 35.5. The van der Waals surface area contributed by atoms with Crippen LogP contribution in [0.2, 0.25) is 23.2 Å². The van der Waals surface area contributed by atoms with E-state index in [0.717, 1.165) is 42.8 Å². The third-order valence-electron chi connectivity index (χ3n) is 12.5. The minimum atomic E-state index is -4.36. The quantitative estimate of drug-likeness (QED) is 0.241. The van der Waals surface area contributed by atoms with E-state index in [1.54, 1.807) is 25.3 Å². The number of amides is 1. The lowest BCUT2D eigenvalue weighted by atomic mass is 9.68. The summed E-state index contributed by atoms with van der Waals surface area (Å²) >= 11 is 6.44. The number of carbonyl (C=O) groups excluding carboxylic acids is 1. The Labute approximate surface area is 322 Å². The van der Waals surface area contributed by atoms with Crippen LogP contribution in [0, 0.1) is 11.8 Å². The van der Waals surface area contributed by atoms with Gasteiger partial charge in [0, 0.05) is 48.8 Å². The molecule has 1 amide bonds. The molecule has 2 aliphatic carbocycles. The molecule has 2 aromatic carbocycles. The van der Waals surface area contributed by atoms with E-state index < -0.39 is 42.7 Å². The maximum absolute atomic E-state index is 14.3. The van der Waals surface area contributed by atoms with Gasteiger partial charge in [0.15, 0.2) is 8.32 Å². The summed E-state index contributed by atoms with van der Waals surface area (Å²) in [4.78, 5) is 16.3. The standard InChI is InChI=1S/C40H58ClN3O7SSi/c1-27-10-8-12-36(45)33-16-13-30(33)22-43-25-40(19-9-11-28-20-31(41)15-17-34(28)40)26-50-37-18-14-29(21-35(37)43)38(46)42-52(47,48)44(27)23-32(24-49-5)51-53(6,7)39(2,3)4/h8,12,14-15,17-18,20-21,27,30,32-33,36,45H,9-11,13,16,19,22-26H2,1-7H3,(H,42,46)/b12-8+/t27-,30-,32+,33+,36-,40-/m0/s1. The Morgan fingerprint density at radius 1 is 1.17 bits per heavy atom. The molecule has 10 nitrogen and oxygen atoms in total. The Bertz CT molecular complexity index is 1800. The van der Waals surface area contributed by atoms with Crippen molar-refractivity contribution in [1.82, 2.24) is 9.03 Å². The molecule has 0 aromatic heterocycles. The molecule has 53 heavy (non-hydrogen) atoms. The Kier molecular flexibility index (Phi) is 11.8. The van der Waals surface area contributed by atoms with E-state index in [1.807, 2.05) is 25.1 Å². The summed E-state index contributed by atoms with van der Waals surface area (Å²) in [6, 6.07) is 10.8. The Morgan fingerprint density at radius 3 is 2.64 bits per heavy atom. The lowest BCUT2D eigenvalue weighted by Crippen LogP contribution is -2.54. The number of aliphatic hydroxyl groups excluding tert-OH is 1. The van der Waals surface area contributed by atoms with Crippen molar-refractivity contribution < 1.29 is 32.2 Å². The third-order valence-corrected chi connectivity index (χ3v) is 18.8. The van der Waals surface area contributed by atoms with Crippen molar-refractivity contribution >= 4 is 41.7 Å². The Morgan fingerprint density at radius 2 is 1.94 bits per heavy atom. The van der Waals surface area contributed by atoms with Crippen molar-refractivity contribution in [2.75, 3.05) is 44.9 Å². The number of anilines is 1.